The summed E-state index contributed by atoms with van der Waals surface area (Å²) in [6.07, 6.45) is 25.4. The van der Waals surface area contributed by atoms with Crippen LogP contribution in [0.2, 0.25) is 0 Å². The average Bonchev–Trinajstić information content (AvgIpc) is 3.24. The van der Waals surface area contributed by atoms with Crippen LogP contribution in [-0.4, -0.2) is 50.3 Å². The Labute approximate surface area is 351 Å². The lowest BCUT2D eigenvalue weighted by Gasteiger charge is -2.20. The SMILES string of the molecule is CCCCCCCCOC(=O)c1ccc(-c2cccc(C(=O)OCCCCCCCC)c2C(C)C(=O)OCCCCCCCC)cc1C(=O)OCCCCCCCC. The molecule has 0 aromatic heterocycles. The Hall–Kier alpha value is -3.68. The molecule has 0 aliphatic heterocycles. The fourth-order valence-corrected chi connectivity index (χ4v) is 7.19. The van der Waals surface area contributed by atoms with Crippen molar-refractivity contribution in [3.63, 3.8) is 0 Å². The van der Waals surface area contributed by atoms with E-state index in [-0.39, 0.29) is 36.5 Å². The lowest BCUT2D eigenvalue weighted by atomic mass is 9.86. The van der Waals surface area contributed by atoms with E-state index in [4.69, 9.17) is 18.9 Å². The Morgan fingerprint density at radius 1 is 0.431 bits per heavy atom. The van der Waals surface area contributed by atoms with Crippen LogP contribution in [0.25, 0.3) is 11.1 Å². The highest BCUT2D eigenvalue weighted by Gasteiger charge is 2.29. The monoisotopic (exact) mass is 807 g/mol. The van der Waals surface area contributed by atoms with Crippen molar-refractivity contribution in [1.29, 1.82) is 0 Å². The van der Waals surface area contributed by atoms with Gasteiger partial charge in [0.25, 0.3) is 0 Å². The third-order valence-corrected chi connectivity index (χ3v) is 10.8. The van der Waals surface area contributed by atoms with E-state index in [0.717, 1.165) is 96.3 Å². The minimum atomic E-state index is -0.807. The van der Waals surface area contributed by atoms with Crippen molar-refractivity contribution >= 4 is 23.9 Å². The molecular weight excluding hydrogens is 729 g/mol. The number of rotatable bonds is 34. The molecule has 58 heavy (non-hydrogen) atoms. The van der Waals surface area contributed by atoms with E-state index in [1.54, 1.807) is 37.3 Å². The lowest BCUT2D eigenvalue weighted by Crippen LogP contribution is -2.19. The fraction of sp³-hybridized carbons (Fsp3) is 0.680. The van der Waals surface area contributed by atoms with Crippen molar-refractivity contribution in [2.45, 2.75) is 195 Å². The molecule has 2 rings (SSSR count). The van der Waals surface area contributed by atoms with Crippen molar-refractivity contribution < 1.29 is 38.1 Å². The molecule has 0 amide bonds. The van der Waals surface area contributed by atoms with Crippen LogP contribution in [0.5, 0.6) is 0 Å². The number of hydrogen-bond acceptors (Lipinski definition) is 8. The van der Waals surface area contributed by atoms with E-state index in [9.17, 15) is 19.2 Å². The van der Waals surface area contributed by atoms with Gasteiger partial charge in [-0.3, -0.25) is 4.79 Å². The number of carbonyl (C=O) groups excluding carboxylic acids is 4. The predicted octanol–water partition coefficient (Wildman–Crippen LogP) is 13.9. The van der Waals surface area contributed by atoms with Crippen LogP contribution in [0, 0.1) is 0 Å². The summed E-state index contributed by atoms with van der Waals surface area (Å²) in [7, 11) is 0. The standard InChI is InChI=1S/C50H78O8/c1-6-10-14-18-22-26-35-55-47(51)40(5)46-42(31-30-32-44(46)49(53)57-37-28-24-20-16-12-8-3)41-33-34-43(48(52)56-36-27-23-19-15-11-7-2)45(39-41)50(54)58-38-29-25-21-17-13-9-4/h30-34,39-40H,6-29,35-38H2,1-5H3. The van der Waals surface area contributed by atoms with Crippen molar-refractivity contribution in [3.8, 4) is 11.1 Å². The van der Waals surface area contributed by atoms with Gasteiger partial charge < -0.3 is 18.9 Å². The number of unbranched alkanes of at least 4 members (excludes halogenated alkanes) is 20. The molecule has 0 radical (unpaired) electrons. The molecule has 0 spiro atoms. The van der Waals surface area contributed by atoms with E-state index in [1.807, 2.05) is 6.07 Å². The Bertz CT molecular complexity index is 1450. The number of hydrogen-bond donors (Lipinski definition) is 0. The van der Waals surface area contributed by atoms with Crippen LogP contribution >= 0.6 is 0 Å². The van der Waals surface area contributed by atoms with Gasteiger partial charge >= 0.3 is 23.9 Å². The minimum absolute atomic E-state index is 0.0942. The Kier molecular flexibility index (Phi) is 28.0. The van der Waals surface area contributed by atoms with Crippen molar-refractivity contribution in [2.75, 3.05) is 26.4 Å². The predicted molar refractivity (Wildman–Crippen MR) is 236 cm³/mol. The first-order chi connectivity index (χ1) is 28.3. The van der Waals surface area contributed by atoms with Gasteiger partial charge in [0, 0.05) is 0 Å². The van der Waals surface area contributed by atoms with Crippen molar-refractivity contribution in [2.24, 2.45) is 0 Å². The maximum Gasteiger partial charge on any atom is 0.339 e. The van der Waals surface area contributed by atoms with Gasteiger partial charge in [-0.1, -0.05) is 174 Å². The molecule has 0 N–H and O–H groups in total. The minimum Gasteiger partial charge on any atom is -0.465 e. The van der Waals surface area contributed by atoms with E-state index >= 15 is 0 Å². The van der Waals surface area contributed by atoms with E-state index in [0.29, 0.717) is 23.3 Å². The van der Waals surface area contributed by atoms with Gasteiger partial charge in [0.1, 0.15) is 0 Å². The third kappa shape index (κ3) is 19.8. The molecule has 2 aromatic carbocycles. The summed E-state index contributed by atoms with van der Waals surface area (Å²) >= 11 is 0. The summed E-state index contributed by atoms with van der Waals surface area (Å²) in [6.45, 7) is 11.6. The normalized spacial score (nSPS) is 11.6. The van der Waals surface area contributed by atoms with Gasteiger partial charge in [0.2, 0.25) is 0 Å². The van der Waals surface area contributed by atoms with Gasteiger partial charge in [0.15, 0.2) is 0 Å². The van der Waals surface area contributed by atoms with Crippen molar-refractivity contribution in [3.05, 3.63) is 58.7 Å². The Balaban J connectivity index is 2.43. The van der Waals surface area contributed by atoms with Crippen molar-refractivity contribution in [1.82, 2.24) is 0 Å². The summed E-state index contributed by atoms with van der Waals surface area (Å²) in [5, 5.41) is 0. The van der Waals surface area contributed by atoms with Crippen LogP contribution in [0.1, 0.15) is 231 Å². The van der Waals surface area contributed by atoms with Gasteiger partial charge in [-0.05, 0) is 67.5 Å². The Morgan fingerprint density at radius 2 is 0.810 bits per heavy atom. The zero-order valence-electron chi connectivity index (χ0n) is 37.1. The third-order valence-electron chi connectivity index (χ3n) is 10.8. The molecule has 0 fully saturated rings. The second kappa shape index (κ2) is 32.2. The van der Waals surface area contributed by atoms with Gasteiger partial charge in [0.05, 0.1) is 49.0 Å². The lowest BCUT2D eigenvalue weighted by molar-refractivity contribution is -0.145. The highest BCUT2D eigenvalue weighted by molar-refractivity contribution is 6.04. The maximum atomic E-state index is 13.7. The molecular formula is C50H78O8. The zero-order valence-corrected chi connectivity index (χ0v) is 37.1. The van der Waals surface area contributed by atoms with E-state index < -0.39 is 29.8 Å². The largest absolute Gasteiger partial charge is 0.465 e. The first kappa shape index (κ1) is 50.5. The molecule has 8 nitrogen and oxygen atoms in total. The number of benzene rings is 2. The van der Waals surface area contributed by atoms with Gasteiger partial charge in [-0.2, -0.15) is 0 Å². The Morgan fingerprint density at radius 3 is 1.26 bits per heavy atom. The first-order valence-corrected chi connectivity index (χ1v) is 23.3. The molecule has 1 unspecified atom stereocenters. The second-order valence-electron chi connectivity index (χ2n) is 15.9. The summed E-state index contributed by atoms with van der Waals surface area (Å²) in [4.78, 5) is 54.6. The first-order valence-electron chi connectivity index (χ1n) is 23.3. The number of esters is 4. The highest BCUT2D eigenvalue weighted by Crippen LogP contribution is 2.35. The highest BCUT2D eigenvalue weighted by atomic mass is 16.5. The van der Waals surface area contributed by atoms with Gasteiger partial charge in [-0.15, -0.1) is 0 Å². The van der Waals surface area contributed by atoms with Crippen LogP contribution < -0.4 is 0 Å². The molecule has 2 aromatic rings. The molecule has 0 bridgehead atoms. The van der Waals surface area contributed by atoms with Crippen LogP contribution in [0.15, 0.2) is 36.4 Å². The summed E-state index contributed by atoms with van der Waals surface area (Å²) in [5.41, 5.74) is 2.11. The molecule has 8 heteroatoms. The topological polar surface area (TPSA) is 105 Å². The molecule has 0 saturated carbocycles. The average molecular weight is 807 g/mol. The number of ether oxygens (including phenoxy) is 4. The molecule has 1 atom stereocenters. The maximum absolute atomic E-state index is 13.7. The second-order valence-corrected chi connectivity index (χ2v) is 15.9. The van der Waals surface area contributed by atoms with E-state index in [1.165, 1.54) is 57.8 Å². The molecule has 0 aliphatic rings. The van der Waals surface area contributed by atoms with Crippen LogP contribution in [0.4, 0.5) is 0 Å². The molecule has 0 aliphatic carbocycles. The fourth-order valence-electron chi connectivity index (χ4n) is 7.19. The molecule has 326 valence electrons. The van der Waals surface area contributed by atoms with E-state index in [2.05, 4.69) is 27.7 Å². The summed E-state index contributed by atoms with van der Waals surface area (Å²) < 4.78 is 23.0. The smallest absolute Gasteiger partial charge is 0.339 e. The number of carbonyl (C=O) groups is 4. The summed E-state index contributed by atoms with van der Waals surface area (Å²) in [6, 6.07) is 10.2. The quantitative estimate of drug-likeness (QED) is 0.0391. The van der Waals surface area contributed by atoms with Crippen LogP contribution in [0.3, 0.4) is 0 Å². The molecule has 0 saturated heterocycles. The summed E-state index contributed by atoms with van der Waals surface area (Å²) in [5.74, 6) is -2.93. The van der Waals surface area contributed by atoms with Crippen LogP contribution in [-0.2, 0) is 23.7 Å². The zero-order chi connectivity index (χ0) is 42.2. The van der Waals surface area contributed by atoms with Gasteiger partial charge in [-0.25, -0.2) is 14.4 Å². The molecule has 0 heterocycles.